The van der Waals surface area contributed by atoms with Crippen molar-refractivity contribution < 1.29 is 18.1 Å². The van der Waals surface area contributed by atoms with Crippen LogP contribution in [0.3, 0.4) is 0 Å². The third kappa shape index (κ3) is 2.24. The van der Waals surface area contributed by atoms with Gasteiger partial charge in [0.15, 0.2) is 0 Å². The zero-order valence-electron chi connectivity index (χ0n) is 11.3. The molecule has 100 valence electrons. The number of halogens is 2. The average Bonchev–Trinajstić information content (AvgIpc) is 2.50. The molecule has 0 aromatic heterocycles. The molecule has 1 aliphatic heterocycles. The second-order valence-corrected chi connectivity index (χ2v) is 5.56. The van der Waals surface area contributed by atoms with E-state index < -0.39 is 30.0 Å². The third-order valence-electron chi connectivity index (χ3n) is 3.69. The van der Waals surface area contributed by atoms with Crippen LogP contribution in [-0.4, -0.2) is 18.3 Å². The predicted octanol–water partition coefficient (Wildman–Crippen LogP) is 2.14. The highest BCUT2D eigenvalue weighted by molar-refractivity contribution is 6.62. The normalized spacial score (nSPS) is 20.4. The average molecular weight is 265 g/mol. The van der Waals surface area contributed by atoms with Crippen molar-refractivity contribution in [2.75, 3.05) is 0 Å². The van der Waals surface area contributed by atoms with E-state index in [1.807, 2.05) is 27.7 Å². The fourth-order valence-corrected chi connectivity index (χ4v) is 1.83. The summed E-state index contributed by atoms with van der Waals surface area (Å²) in [4.78, 5) is 0. The van der Waals surface area contributed by atoms with Crippen molar-refractivity contribution in [1.29, 1.82) is 5.26 Å². The van der Waals surface area contributed by atoms with Crippen molar-refractivity contribution in [1.82, 2.24) is 0 Å². The zero-order valence-corrected chi connectivity index (χ0v) is 11.3. The molecule has 0 atom stereocenters. The highest BCUT2D eigenvalue weighted by atomic mass is 19.1. The Morgan fingerprint density at radius 2 is 1.63 bits per heavy atom. The van der Waals surface area contributed by atoms with E-state index in [-0.39, 0.29) is 11.0 Å². The SMILES string of the molecule is CC1(C)OB(c2cc(F)cc(C#N)c2F)OC1(C)C. The highest BCUT2D eigenvalue weighted by Crippen LogP contribution is 2.36. The first kappa shape index (κ1) is 14.0. The molecule has 3 nitrogen and oxygen atoms in total. The van der Waals surface area contributed by atoms with Crippen molar-refractivity contribution >= 4 is 12.6 Å². The quantitative estimate of drug-likeness (QED) is 0.730. The van der Waals surface area contributed by atoms with Gasteiger partial charge in [0.25, 0.3) is 0 Å². The van der Waals surface area contributed by atoms with Gasteiger partial charge in [0, 0.05) is 5.46 Å². The Kier molecular flexibility index (Phi) is 3.16. The lowest BCUT2D eigenvalue weighted by Crippen LogP contribution is -2.41. The van der Waals surface area contributed by atoms with Crippen LogP contribution >= 0.6 is 0 Å². The number of hydrogen-bond donors (Lipinski definition) is 0. The fourth-order valence-electron chi connectivity index (χ4n) is 1.83. The Hall–Kier alpha value is -1.45. The molecule has 0 saturated carbocycles. The Bertz CT molecular complexity index is 550. The van der Waals surface area contributed by atoms with Crippen LogP contribution in [0.2, 0.25) is 0 Å². The van der Waals surface area contributed by atoms with Gasteiger partial charge in [0.1, 0.15) is 17.7 Å². The third-order valence-corrected chi connectivity index (χ3v) is 3.69. The molecule has 0 unspecified atom stereocenters. The molecule has 1 aliphatic rings. The molecule has 1 saturated heterocycles. The van der Waals surface area contributed by atoms with E-state index in [4.69, 9.17) is 14.6 Å². The second-order valence-electron chi connectivity index (χ2n) is 5.56. The summed E-state index contributed by atoms with van der Waals surface area (Å²) in [6.45, 7) is 7.26. The molecule has 0 spiro atoms. The van der Waals surface area contributed by atoms with E-state index in [0.29, 0.717) is 0 Å². The van der Waals surface area contributed by atoms with Gasteiger partial charge in [-0.15, -0.1) is 0 Å². The van der Waals surface area contributed by atoms with Crippen molar-refractivity contribution in [3.05, 3.63) is 29.3 Å². The molecule has 2 rings (SSSR count). The van der Waals surface area contributed by atoms with E-state index in [1.165, 1.54) is 0 Å². The molecule has 0 amide bonds. The van der Waals surface area contributed by atoms with Gasteiger partial charge in [0.2, 0.25) is 0 Å². The molecule has 1 fully saturated rings. The number of nitriles is 1. The Morgan fingerprint density at radius 3 is 2.11 bits per heavy atom. The van der Waals surface area contributed by atoms with Crippen LogP contribution < -0.4 is 5.46 Å². The van der Waals surface area contributed by atoms with Gasteiger partial charge in [-0.2, -0.15) is 5.26 Å². The lowest BCUT2D eigenvalue weighted by atomic mass is 9.78. The molecule has 0 N–H and O–H groups in total. The van der Waals surface area contributed by atoms with Gasteiger partial charge in [-0.3, -0.25) is 0 Å². The molecule has 1 heterocycles. The largest absolute Gasteiger partial charge is 0.498 e. The number of nitrogens with zero attached hydrogens (tertiary/aromatic N) is 1. The van der Waals surface area contributed by atoms with E-state index in [0.717, 1.165) is 12.1 Å². The number of benzene rings is 1. The number of rotatable bonds is 1. The zero-order chi connectivity index (χ0) is 14.4. The molecular formula is C13H14BF2NO2. The predicted molar refractivity (Wildman–Crippen MR) is 66.8 cm³/mol. The van der Waals surface area contributed by atoms with Crippen LogP contribution in [0, 0.1) is 23.0 Å². The minimum absolute atomic E-state index is 0.0878. The molecular weight excluding hydrogens is 251 g/mol. The first-order valence-electron chi connectivity index (χ1n) is 5.92. The van der Waals surface area contributed by atoms with Gasteiger partial charge in [-0.05, 0) is 39.8 Å². The van der Waals surface area contributed by atoms with Crippen molar-refractivity contribution in [2.24, 2.45) is 0 Å². The standard InChI is InChI=1S/C13H14BF2NO2/c1-12(2)13(3,4)19-14(18-12)10-6-9(15)5-8(7-17)11(10)16/h5-6H,1-4H3. The lowest BCUT2D eigenvalue weighted by molar-refractivity contribution is 0.00578. The summed E-state index contributed by atoms with van der Waals surface area (Å²) < 4.78 is 38.8. The van der Waals surface area contributed by atoms with Crippen LogP contribution in [0.4, 0.5) is 8.78 Å². The Labute approximate surface area is 111 Å². The Balaban J connectivity index is 2.46. The molecule has 6 heteroatoms. The van der Waals surface area contributed by atoms with Gasteiger partial charge in [-0.1, -0.05) is 0 Å². The minimum atomic E-state index is -1.02. The lowest BCUT2D eigenvalue weighted by Gasteiger charge is -2.32. The van der Waals surface area contributed by atoms with Gasteiger partial charge >= 0.3 is 7.12 Å². The van der Waals surface area contributed by atoms with Gasteiger partial charge in [-0.25, -0.2) is 8.78 Å². The monoisotopic (exact) mass is 265 g/mol. The minimum Gasteiger partial charge on any atom is -0.399 e. The molecule has 0 bridgehead atoms. The summed E-state index contributed by atoms with van der Waals surface area (Å²) in [6, 6.07) is 3.46. The summed E-state index contributed by atoms with van der Waals surface area (Å²) in [5, 5.41) is 8.78. The van der Waals surface area contributed by atoms with E-state index >= 15 is 0 Å². The molecule has 1 aromatic carbocycles. The molecule has 1 aromatic rings. The summed E-state index contributed by atoms with van der Waals surface area (Å²) in [7, 11) is -1.02. The highest BCUT2D eigenvalue weighted by Gasteiger charge is 2.52. The van der Waals surface area contributed by atoms with Crippen LogP contribution in [0.5, 0.6) is 0 Å². The van der Waals surface area contributed by atoms with Crippen LogP contribution in [-0.2, 0) is 9.31 Å². The molecule has 0 aliphatic carbocycles. The first-order valence-corrected chi connectivity index (χ1v) is 5.92. The second kappa shape index (κ2) is 4.29. The maximum atomic E-state index is 14.1. The van der Waals surface area contributed by atoms with Gasteiger partial charge < -0.3 is 9.31 Å². The van der Waals surface area contributed by atoms with E-state index in [1.54, 1.807) is 6.07 Å². The van der Waals surface area contributed by atoms with Crippen LogP contribution in [0.15, 0.2) is 12.1 Å². The maximum absolute atomic E-state index is 14.1. The smallest absolute Gasteiger partial charge is 0.399 e. The van der Waals surface area contributed by atoms with Crippen molar-refractivity contribution in [2.45, 2.75) is 38.9 Å². The number of hydrogen-bond acceptors (Lipinski definition) is 3. The maximum Gasteiger partial charge on any atom is 0.498 e. The fraction of sp³-hybridized carbons (Fsp3) is 0.462. The van der Waals surface area contributed by atoms with Crippen molar-refractivity contribution in [3.63, 3.8) is 0 Å². The van der Waals surface area contributed by atoms with E-state index in [2.05, 4.69) is 0 Å². The van der Waals surface area contributed by atoms with Crippen LogP contribution in [0.1, 0.15) is 33.3 Å². The topological polar surface area (TPSA) is 42.2 Å². The van der Waals surface area contributed by atoms with E-state index in [9.17, 15) is 8.78 Å². The van der Waals surface area contributed by atoms with Crippen LogP contribution in [0.25, 0.3) is 0 Å². The van der Waals surface area contributed by atoms with Gasteiger partial charge in [0.05, 0.1) is 16.8 Å². The summed E-state index contributed by atoms with van der Waals surface area (Å²) >= 11 is 0. The summed E-state index contributed by atoms with van der Waals surface area (Å²) in [5.74, 6) is -1.50. The summed E-state index contributed by atoms with van der Waals surface area (Å²) in [6.07, 6.45) is 0. The first-order chi connectivity index (χ1) is 8.68. The molecule has 19 heavy (non-hydrogen) atoms. The Morgan fingerprint density at radius 1 is 1.11 bits per heavy atom. The summed E-state index contributed by atoms with van der Waals surface area (Å²) in [5.41, 5.74) is -1.74. The van der Waals surface area contributed by atoms with Crippen molar-refractivity contribution in [3.8, 4) is 6.07 Å². The molecule has 0 radical (unpaired) electrons.